The first-order chi connectivity index (χ1) is 9.85. The van der Waals surface area contributed by atoms with Gasteiger partial charge in [0.25, 0.3) is 15.7 Å². The summed E-state index contributed by atoms with van der Waals surface area (Å²) in [5.41, 5.74) is -0.0788. The lowest BCUT2D eigenvalue weighted by atomic mass is 10.3. The van der Waals surface area contributed by atoms with Crippen LogP contribution in [0.2, 0.25) is 0 Å². The van der Waals surface area contributed by atoms with Crippen molar-refractivity contribution in [2.24, 2.45) is 7.05 Å². The van der Waals surface area contributed by atoms with Gasteiger partial charge in [0.2, 0.25) is 0 Å². The standard InChI is InChI=1S/C11H13N5O4S/c1-12-9-7-8(3-4-10(9)16(17)18)21(19,20)14-11-5-6-13-15(11)2/h3-7,12,14H,1-2H3. The molecule has 1 aromatic heterocycles. The van der Waals surface area contributed by atoms with E-state index in [2.05, 4.69) is 15.1 Å². The quantitative estimate of drug-likeness (QED) is 0.632. The van der Waals surface area contributed by atoms with Crippen molar-refractivity contribution in [3.63, 3.8) is 0 Å². The van der Waals surface area contributed by atoms with Gasteiger partial charge in [-0.05, 0) is 12.1 Å². The van der Waals surface area contributed by atoms with Crippen LogP contribution in [0, 0.1) is 10.1 Å². The van der Waals surface area contributed by atoms with E-state index in [0.29, 0.717) is 5.82 Å². The van der Waals surface area contributed by atoms with E-state index < -0.39 is 14.9 Å². The molecular weight excluding hydrogens is 298 g/mol. The maximum Gasteiger partial charge on any atom is 0.292 e. The maximum absolute atomic E-state index is 12.3. The summed E-state index contributed by atoms with van der Waals surface area (Å²) in [5.74, 6) is 0.291. The summed E-state index contributed by atoms with van der Waals surface area (Å²) in [6.07, 6.45) is 1.45. The molecule has 9 nitrogen and oxygen atoms in total. The SMILES string of the molecule is CNc1cc(S(=O)(=O)Nc2ccnn2C)ccc1[N+](=O)[O-]. The van der Waals surface area contributed by atoms with Crippen molar-refractivity contribution < 1.29 is 13.3 Å². The van der Waals surface area contributed by atoms with Crippen LogP contribution in [0.25, 0.3) is 0 Å². The molecule has 0 atom stereocenters. The lowest BCUT2D eigenvalue weighted by Gasteiger charge is -2.09. The number of nitrogens with zero attached hydrogens (tertiary/aromatic N) is 3. The number of sulfonamides is 1. The largest absolute Gasteiger partial charge is 0.383 e. The minimum atomic E-state index is -3.85. The average molecular weight is 311 g/mol. The van der Waals surface area contributed by atoms with Crippen LogP contribution in [0.15, 0.2) is 35.4 Å². The van der Waals surface area contributed by atoms with E-state index in [4.69, 9.17) is 0 Å². The lowest BCUT2D eigenvalue weighted by molar-refractivity contribution is -0.384. The highest BCUT2D eigenvalue weighted by Crippen LogP contribution is 2.27. The van der Waals surface area contributed by atoms with Gasteiger partial charge in [0.15, 0.2) is 0 Å². The number of nitrogens with one attached hydrogen (secondary N) is 2. The molecule has 21 heavy (non-hydrogen) atoms. The molecule has 0 saturated heterocycles. The average Bonchev–Trinajstić information content (AvgIpc) is 2.82. The molecule has 0 saturated carbocycles. The molecule has 0 aliphatic heterocycles. The number of rotatable bonds is 5. The third-order valence-corrected chi connectivity index (χ3v) is 4.16. The van der Waals surface area contributed by atoms with Crippen molar-refractivity contribution in [3.8, 4) is 0 Å². The number of nitro groups is 1. The number of hydrogen-bond donors (Lipinski definition) is 2. The Morgan fingerprint density at radius 2 is 2.05 bits per heavy atom. The van der Waals surface area contributed by atoms with E-state index >= 15 is 0 Å². The van der Waals surface area contributed by atoms with E-state index in [1.165, 1.54) is 36.1 Å². The fraction of sp³-hybridized carbons (Fsp3) is 0.182. The van der Waals surface area contributed by atoms with Crippen molar-refractivity contribution in [1.82, 2.24) is 9.78 Å². The monoisotopic (exact) mass is 311 g/mol. The van der Waals surface area contributed by atoms with Gasteiger partial charge in [0, 0.05) is 26.2 Å². The molecule has 0 unspecified atom stereocenters. The number of hydrogen-bond acceptors (Lipinski definition) is 6. The van der Waals surface area contributed by atoms with Crippen LogP contribution >= 0.6 is 0 Å². The molecule has 10 heteroatoms. The van der Waals surface area contributed by atoms with Gasteiger partial charge < -0.3 is 5.32 Å². The summed E-state index contributed by atoms with van der Waals surface area (Å²) in [6.45, 7) is 0. The summed E-state index contributed by atoms with van der Waals surface area (Å²) in [7, 11) is -0.785. The fourth-order valence-corrected chi connectivity index (χ4v) is 2.83. The van der Waals surface area contributed by atoms with Crippen molar-refractivity contribution in [2.75, 3.05) is 17.1 Å². The minimum Gasteiger partial charge on any atom is -0.383 e. The Kier molecular flexibility index (Phi) is 3.80. The summed E-state index contributed by atoms with van der Waals surface area (Å²) in [5, 5.41) is 17.3. The molecule has 0 fully saturated rings. The highest BCUT2D eigenvalue weighted by Gasteiger charge is 2.20. The summed E-state index contributed by atoms with van der Waals surface area (Å²) in [6, 6.07) is 5.03. The number of benzene rings is 1. The predicted molar refractivity (Wildman–Crippen MR) is 76.7 cm³/mol. The van der Waals surface area contributed by atoms with Crippen molar-refractivity contribution in [1.29, 1.82) is 0 Å². The Morgan fingerprint density at radius 1 is 1.33 bits per heavy atom. The third-order valence-electron chi connectivity index (χ3n) is 2.80. The van der Waals surface area contributed by atoms with Crippen molar-refractivity contribution >= 4 is 27.2 Å². The van der Waals surface area contributed by atoms with E-state index in [0.717, 1.165) is 6.07 Å². The second kappa shape index (κ2) is 5.40. The molecule has 0 spiro atoms. The molecule has 2 N–H and O–H groups in total. The molecule has 2 rings (SSSR count). The van der Waals surface area contributed by atoms with Gasteiger partial charge in [0.05, 0.1) is 16.0 Å². The topological polar surface area (TPSA) is 119 Å². The Hall–Kier alpha value is -2.62. The van der Waals surface area contributed by atoms with Crippen LogP contribution in [0.4, 0.5) is 17.2 Å². The number of aryl methyl sites for hydroxylation is 1. The highest BCUT2D eigenvalue weighted by molar-refractivity contribution is 7.92. The molecule has 0 bridgehead atoms. The van der Waals surface area contributed by atoms with Gasteiger partial charge in [-0.2, -0.15) is 5.10 Å². The van der Waals surface area contributed by atoms with Crippen LogP contribution in [0.5, 0.6) is 0 Å². The van der Waals surface area contributed by atoms with Gasteiger partial charge in [-0.15, -0.1) is 0 Å². The zero-order valence-corrected chi connectivity index (χ0v) is 12.1. The Balaban J connectivity index is 2.41. The van der Waals surface area contributed by atoms with Crippen molar-refractivity contribution in [2.45, 2.75) is 4.90 Å². The first kappa shape index (κ1) is 14.8. The molecule has 1 heterocycles. The Bertz CT molecular complexity index is 784. The van der Waals surface area contributed by atoms with E-state index in [1.807, 2.05) is 0 Å². The minimum absolute atomic E-state index is 0.0846. The second-order valence-corrected chi connectivity index (χ2v) is 5.81. The first-order valence-corrected chi connectivity index (χ1v) is 7.30. The van der Waals surface area contributed by atoms with Gasteiger partial charge in [0.1, 0.15) is 11.5 Å². The molecule has 2 aromatic rings. The lowest BCUT2D eigenvalue weighted by Crippen LogP contribution is -2.15. The van der Waals surface area contributed by atoms with Crippen LogP contribution in [-0.2, 0) is 17.1 Å². The maximum atomic E-state index is 12.3. The van der Waals surface area contributed by atoms with E-state index in [-0.39, 0.29) is 16.3 Å². The fourth-order valence-electron chi connectivity index (χ4n) is 1.71. The molecule has 0 radical (unpaired) electrons. The van der Waals surface area contributed by atoms with E-state index in [9.17, 15) is 18.5 Å². The van der Waals surface area contributed by atoms with Crippen molar-refractivity contribution in [3.05, 3.63) is 40.6 Å². The summed E-state index contributed by atoms with van der Waals surface area (Å²) < 4.78 is 28.2. The van der Waals surface area contributed by atoms with Gasteiger partial charge >= 0.3 is 0 Å². The number of nitro benzene ring substituents is 1. The predicted octanol–water partition coefficient (Wildman–Crippen LogP) is 1.17. The summed E-state index contributed by atoms with van der Waals surface area (Å²) >= 11 is 0. The van der Waals surface area contributed by atoms with Gasteiger partial charge in [-0.1, -0.05) is 0 Å². The molecule has 0 amide bonds. The van der Waals surface area contributed by atoms with Crippen LogP contribution < -0.4 is 10.0 Å². The van der Waals surface area contributed by atoms with Crippen LogP contribution in [0.3, 0.4) is 0 Å². The second-order valence-electron chi connectivity index (χ2n) is 4.13. The summed E-state index contributed by atoms with van der Waals surface area (Å²) in [4.78, 5) is 10.2. The number of aromatic nitrogens is 2. The normalized spacial score (nSPS) is 11.1. The zero-order valence-electron chi connectivity index (χ0n) is 11.3. The highest BCUT2D eigenvalue weighted by atomic mass is 32.2. The number of anilines is 2. The molecule has 0 aliphatic rings. The van der Waals surface area contributed by atoms with Gasteiger partial charge in [-0.25, -0.2) is 8.42 Å². The van der Waals surface area contributed by atoms with Crippen LogP contribution in [-0.4, -0.2) is 30.2 Å². The third kappa shape index (κ3) is 2.94. The first-order valence-electron chi connectivity index (χ1n) is 5.82. The Labute approximate surface area is 120 Å². The van der Waals surface area contributed by atoms with Crippen LogP contribution in [0.1, 0.15) is 0 Å². The Morgan fingerprint density at radius 3 is 2.57 bits per heavy atom. The zero-order chi connectivity index (χ0) is 15.6. The van der Waals surface area contributed by atoms with Gasteiger partial charge in [-0.3, -0.25) is 19.5 Å². The molecule has 112 valence electrons. The molecular formula is C11H13N5O4S. The molecule has 1 aromatic carbocycles. The van der Waals surface area contributed by atoms with E-state index in [1.54, 1.807) is 7.05 Å². The smallest absolute Gasteiger partial charge is 0.292 e. The molecule has 0 aliphatic carbocycles.